The standard InChI is InChI=1S/C13H15ClN2O2/c1-9(2)10-3-5-11(6-4-10)17-8-13-16-15-12(7-14)18-13/h3-6,9H,7-8H2,1-2H3. The first-order chi connectivity index (χ1) is 8.69. The maximum Gasteiger partial charge on any atom is 0.253 e. The van der Waals surface area contributed by atoms with Gasteiger partial charge in [-0.3, -0.25) is 0 Å². The van der Waals surface area contributed by atoms with E-state index < -0.39 is 0 Å². The predicted molar refractivity (Wildman–Crippen MR) is 68.7 cm³/mol. The second-order valence-electron chi connectivity index (χ2n) is 4.24. The first-order valence-electron chi connectivity index (χ1n) is 5.79. The fourth-order valence-corrected chi connectivity index (χ4v) is 1.60. The number of halogens is 1. The van der Waals surface area contributed by atoms with E-state index in [1.807, 2.05) is 12.1 Å². The van der Waals surface area contributed by atoms with Crippen LogP contribution in [0.4, 0.5) is 0 Å². The zero-order chi connectivity index (χ0) is 13.0. The number of hydrogen-bond acceptors (Lipinski definition) is 4. The predicted octanol–water partition coefficient (Wildman–Crippen LogP) is 3.51. The molecule has 0 saturated heterocycles. The van der Waals surface area contributed by atoms with Crippen LogP contribution in [0.1, 0.15) is 37.1 Å². The van der Waals surface area contributed by atoms with Gasteiger partial charge in [-0.1, -0.05) is 26.0 Å². The van der Waals surface area contributed by atoms with Crippen LogP contribution in [0.5, 0.6) is 5.75 Å². The van der Waals surface area contributed by atoms with Crippen LogP contribution in [0.25, 0.3) is 0 Å². The van der Waals surface area contributed by atoms with Gasteiger partial charge in [-0.2, -0.15) is 0 Å². The first kappa shape index (κ1) is 12.9. The number of aromatic nitrogens is 2. The van der Waals surface area contributed by atoms with Crippen molar-refractivity contribution in [1.82, 2.24) is 10.2 Å². The van der Waals surface area contributed by atoms with Crippen molar-refractivity contribution in [1.29, 1.82) is 0 Å². The van der Waals surface area contributed by atoms with Crippen LogP contribution in [0.3, 0.4) is 0 Å². The molecule has 2 rings (SSSR count). The number of ether oxygens (including phenoxy) is 1. The Morgan fingerprint density at radius 1 is 1.17 bits per heavy atom. The van der Waals surface area contributed by atoms with E-state index in [0.29, 0.717) is 17.7 Å². The van der Waals surface area contributed by atoms with Gasteiger partial charge in [-0.15, -0.1) is 21.8 Å². The van der Waals surface area contributed by atoms with E-state index in [1.165, 1.54) is 5.56 Å². The molecule has 4 nitrogen and oxygen atoms in total. The van der Waals surface area contributed by atoms with E-state index in [1.54, 1.807) is 0 Å². The molecule has 0 spiro atoms. The van der Waals surface area contributed by atoms with Gasteiger partial charge in [0.05, 0.1) is 0 Å². The van der Waals surface area contributed by atoms with Gasteiger partial charge >= 0.3 is 0 Å². The summed E-state index contributed by atoms with van der Waals surface area (Å²) >= 11 is 5.57. The van der Waals surface area contributed by atoms with E-state index in [4.69, 9.17) is 20.8 Å². The highest BCUT2D eigenvalue weighted by Crippen LogP contribution is 2.19. The number of hydrogen-bond donors (Lipinski definition) is 0. The molecule has 1 heterocycles. The Labute approximate surface area is 111 Å². The highest BCUT2D eigenvalue weighted by molar-refractivity contribution is 6.16. The Morgan fingerprint density at radius 2 is 1.83 bits per heavy atom. The fraction of sp³-hybridized carbons (Fsp3) is 0.385. The molecule has 0 aliphatic heterocycles. The summed E-state index contributed by atoms with van der Waals surface area (Å²) in [5.74, 6) is 2.35. The minimum absolute atomic E-state index is 0.218. The molecule has 0 bridgehead atoms. The molecule has 96 valence electrons. The minimum atomic E-state index is 0.218. The Balaban J connectivity index is 1.93. The number of alkyl halides is 1. The largest absolute Gasteiger partial charge is 0.484 e. The maximum absolute atomic E-state index is 5.57. The molecule has 18 heavy (non-hydrogen) atoms. The van der Waals surface area contributed by atoms with Crippen molar-refractivity contribution < 1.29 is 9.15 Å². The van der Waals surface area contributed by atoms with E-state index in [-0.39, 0.29) is 12.5 Å². The Bertz CT molecular complexity index is 494. The summed E-state index contributed by atoms with van der Waals surface area (Å²) in [5.41, 5.74) is 1.28. The van der Waals surface area contributed by atoms with Crippen molar-refractivity contribution in [2.45, 2.75) is 32.3 Å². The molecule has 0 saturated carbocycles. The molecular weight excluding hydrogens is 252 g/mol. The van der Waals surface area contributed by atoms with Crippen molar-refractivity contribution in [3.05, 3.63) is 41.6 Å². The molecule has 0 fully saturated rings. The molecule has 1 aromatic heterocycles. The highest BCUT2D eigenvalue weighted by atomic mass is 35.5. The SMILES string of the molecule is CC(C)c1ccc(OCc2nnc(CCl)o2)cc1. The summed E-state index contributed by atoms with van der Waals surface area (Å²) in [4.78, 5) is 0. The number of benzene rings is 1. The smallest absolute Gasteiger partial charge is 0.253 e. The second kappa shape index (κ2) is 5.87. The highest BCUT2D eigenvalue weighted by Gasteiger charge is 2.06. The molecule has 5 heteroatoms. The fourth-order valence-electron chi connectivity index (χ4n) is 1.49. The van der Waals surface area contributed by atoms with E-state index in [9.17, 15) is 0 Å². The molecule has 0 unspecified atom stereocenters. The summed E-state index contributed by atoms with van der Waals surface area (Å²) in [7, 11) is 0. The van der Waals surface area contributed by atoms with Crippen molar-refractivity contribution in [3.8, 4) is 5.75 Å². The first-order valence-corrected chi connectivity index (χ1v) is 6.32. The number of nitrogens with zero attached hydrogens (tertiary/aromatic N) is 2. The van der Waals surface area contributed by atoms with Gasteiger partial charge in [-0.05, 0) is 23.6 Å². The van der Waals surface area contributed by atoms with Crippen LogP contribution in [-0.4, -0.2) is 10.2 Å². The third-order valence-electron chi connectivity index (χ3n) is 2.53. The lowest BCUT2D eigenvalue weighted by molar-refractivity contribution is 0.260. The Hall–Kier alpha value is -1.55. The van der Waals surface area contributed by atoms with E-state index >= 15 is 0 Å². The topological polar surface area (TPSA) is 48.2 Å². The second-order valence-corrected chi connectivity index (χ2v) is 4.50. The molecule has 0 atom stereocenters. The van der Waals surface area contributed by atoms with Crippen LogP contribution >= 0.6 is 11.6 Å². The summed E-state index contributed by atoms with van der Waals surface area (Å²) in [6.07, 6.45) is 0. The van der Waals surface area contributed by atoms with Crippen molar-refractivity contribution in [2.75, 3.05) is 0 Å². The molecule has 2 aromatic rings. The van der Waals surface area contributed by atoms with Crippen LogP contribution in [-0.2, 0) is 12.5 Å². The van der Waals surface area contributed by atoms with Gasteiger partial charge < -0.3 is 9.15 Å². The van der Waals surface area contributed by atoms with Gasteiger partial charge in [0.25, 0.3) is 5.89 Å². The Morgan fingerprint density at radius 3 is 2.39 bits per heavy atom. The molecule has 0 N–H and O–H groups in total. The van der Waals surface area contributed by atoms with Gasteiger partial charge in [-0.25, -0.2) is 0 Å². The number of rotatable bonds is 5. The summed E-state index contributed by atoms with van der Waals surface area (Å²) in [5, 5.41) is 7.58. The summed E-state index contributed by atoms with van der Waals surface area (Å²) in [6, 6.07) is 7.98. The molecule has 0 amide bonds. The normalized spacial score (nSPS) is 10.9. The lowest BCUT2D eigenvalue weighted by Crippen LogP contribution is -1.96. The van der Waals surface area contributed by atoms with Crippen molar-refractivity contribution in [3.63, 3.8) is 0 Å². The summed E-state index contributed by atoms with van der Waals surface area (Å²) < 4.78 is 10.8. The van der Waals surface area contributed by atoms with Gasteiger partial charge in [0.2, 0.25) is 5.89 Å². The molecule has 1 aromatic carbocycles. The molecule has 0 aliphatic rings. The lowest BCUT2D eigenvalue weighted by Gasteiger charge is -2.07. The quantitative estimate of drug-likeness (QED) is 0.777. The third-order valence-corrected chi connectivity index (χ3v) is 2.76. The minimum Gasteiger partial charge on any atom is -0.484 e. The van der Waals surface area contributed by atoms with Crippen LogP contribution in [0.15, 0.2) is 28.7 Å². The van der Waals surface area contributed by atoms with E-state index in [0.717, 1.165) is 5.75 Å². The molecule has 0 radical (unpaired) electrons. The summed E-state index contributed by atoms with van der Waals surface area (Å²) in [6.45, 7) is 4.56. The van der Waals surface area contributed by atoms with Gasteiger partial charge in [0.15, 0.2) is 6.61 Å². The van der Waals surface area contributed by atoms with Crippen molar-refractivity contribution in [2.24, 2.45) is 0 Å². The lowest BCUT2D eigenvalue weighted by atomic mass is 10.0. The van der Waals surface area contributed by atoms with Crippen LogP contribution in [0, 0.1) is 0 Å². The zero-order valence-electron chi connectivity index (χ0n) is 10.4. The maximum atomic E-state index is 5.57. The van der Waals surface area contributed by atoms with Gasteiger partial charge in [0, 0.05) is 0 Å². The van der Waals surface area contributed by atoms with Crippen LogP contribution < -0.4 is 4.74 Å². The van der Waals surface area contributed by atoms with Gasteiger partial charge in [0.1, 0.15) is 11.6 Å². The molecule has 0 aliphatic carbocycles. The van der Waals surface area contributed by atoms with Crippen molar-refractivity contribution >= 4 is 11.6 Å². The monoisotopic (exact) mass is 266 g/mol. The Kier molecular flexibility index (Phi) is 4.20. The average molecular weight is 267 g/mol. The average Bonchev–Trinajstić information content (AvgIpc) is 2.85. The van der Waals surface area contributed by atoms with E-state index in [2.05, 4.69) is 36.2 Å². The zero-order valence-corrected chi connectivity index (χ0v) is 11.1. The molecular formula is C13H15ClN2O2. The third kappa shape index (κ3) is 3.23. The van der Waals surface area contributed by atoms with Crippen LogP contribution in [0.2, 0.25) is 0 Å².